The van der Waals surface area contributed by atoms with E-state index in [0.717, 1.165) is 5.50 Å². The van der Waals surface area contributed by atoms with Gasteiger partial charge < -0.3 is 4.43 Å². The Bertz CT molecular complexity index is 132. The molecule has 0 bridgehead atoms. The van der Waals surface area contributed by atoms with Crippen LogP contribution in [0.15, 0.2) is 0 Å². The Balaban J connectivity index is 2.28. The van der Waals surface area contributed by atoms with Gasteiger partial charge in [-0.2, -0.15) is 0 Å². The van der Waals surface area contributed by atoms with Crippen LogP contribution in [-0.4, -0.2) is 19.9 Å². The van der Waals surface area contributed by atoms with Crippen LogP contribution < -0.4 is 0 Å². The lowest BCUT2D eigenvalue weighted by Crippen LogP contribution is -2.38. The molecule has 0 heterocycles. The number of rotatable bonds is 3. The molecule has 72 valence electrons. The predicted molar refractivity (Wildman–Crippen MR) is 56.2 cm³/mol. The molecule has 0 unspecified atom stereocenters. The summed E-state index contributed by atoms with van der Waals surface area (Å²) in [6.45, 7) is 4.41. The average molecular weight is 207 g/mol. The summed E-state index contributed by atoms with van der Waals surface area (Å²) in [5.74, 6) is 0. The van der Waals surface area contributed by atoms with Gasteiger partial charge in [0.1, 0.15) is 0 Å². The Morgan fingerprint density at radius 3 is 2.33 bits per heavy atom. The van der Waals surface area contributed by atoms with Crippen molar-refractivity contribution < 1.29 is 4.43 Å². The SMILES string of the molecule is C[Si](C)(CCl)OC1CCCCC1. The molecule has 0 spiro atoms. The Kier molecular flexibility index (Phi) is 4.07. The summed E-state index contributed by atoms with van der Waals surface area (Å²) in [5.41, 5.74) is 0.726. The number of halogens is 1. The van der Waals surface area contributed by atoms with Crippen LogP contribution in [0.2, 0.25) is 13.1 Å². The van der Waals surface area contributed by atoms with Crippen molar-refractivity contribution in [3.63, 3.8) is 0 Å². The van der Waals surface area contributed by atoms with E-state index in [0.29, 0.717) is 6.10 Å². The molecular formula is C9H19ClOSi. The van der Waals surface area contributed by atoms with Crippen LogP contribution in [0.5, 0.6) is 0 Å². The molecule has 1 nitrogen and oxygen atoms in total. The molecule has 0 aromatic rings. The molecule has 1 fully saturated rings. The van der Waals surface area contributed by atoms with Gasteiger partial charge in [0, 0.05) is 11.6 Å². The monoisotopic (exact) mass is 206 g/mol. The Morgan fingerprint density at radius 2 is 1.83 bits per heavy atom. The maximum Gasteiger partial charge on any atom is 0.201 e. The molecule has 0 radical (unpaired) electrons. The highest BCUT2D eigenvalue weighted by Crippen LogP contribution is 2.23. The van der Waals surface area contributed by atoms with Crippen molar-refractivity contribution in [3.05, 3.63) is 0 Å². The van der Waals surface area contributed by atoms with E-state index in [9.17, 15) is 0 Å². The first-order chi connectivity index (χ1) is 5.64. The van der Waals surface area contributed by atoms with Gasteiger partial charge in [-0.15, -0.1) is 11.6 Å². The zero-order valence-corrected chi connectivity index (χ0v) is 9.86. The van der Waals surface area contributed by atoms with Gasteiger partial charge in [-0.05, 0) is 25.9 Å². The molecule has 12 heavy (non-hydrogen) atoms. The Labute approximate surface area is 81.6 Å². The molecule has 3 heteroatoms. The van der Waals surface area contributed by atoms with E-state index in [-0.39, 0.29) is 0 Å². The van der Waals surface area contributed by atoms with Crippen LogP contribution in [0.25, 0.3) is 0 Å². The molecule has 0 aliphatic heterocycles. The first-order valence-corrected chi connectivity index (χ1v) is 8.53. The van der Waals surface area contributed by atoms with Gasteiger partial charge in [-0.1, -0.05) is 19.3 Å². The fourth-order valence-electron chi connectivity index (χ4n) is 1.67. The van der Waals surface area contributed by atoms with Crippen molar-refractivity contribution >= 4 is 19.9 Å². The molecule has 0 atom stereocenters. The van der Waals surface area contributed by atoms with Crippen LogP contribution in [-0.2, 0) is 4.43 Å². The maximum absolute atomic E-state index is 6.03. The summed E-state index contributed by atoms with van der Waals surface area (Å²) in [6.07, 6.45) is 7.12. The van der Waals surface area contributed by atoms with Crippen LogP contribution in [0.4, 0.5) is 0 Å². The first kappa shape index (κ1) is 10.5. The molecule has 1 aliphatic carbocycles. The van der Waals surface area contributed by atoms with Crippen LogP contribution in [0.3, 0.4) is 0 Å². The second-order valence-electron chi connectivity index (χ2n) is 4.27. The normalized spacial score (nSPS) is 21.2. The van der Waals surface area contributed by atoms with E-state index in [1.807, 2.05) is 0 Å². The summed E-state index contributed by atoms with van der Waals surface area (Å²) in [4.78, 5) is 0. The highest BCUT2D eigenvalue weighted by atomic mass is 35.5. The third kappa shape index (κ3) is 3.46. The van der Waals surface area contributed by atoms with Crippen molar-refractivity contribution in [1.82, 2.24) is 0 Å². The van der Waals surface area contributed by atoms with E-state index >= 15 is 0 Å². The number of hydrogen-bond donors (Lipinski definition) is 0. The largest absolute Gasteiger partial charge is 0.413 e. The fraction of sp³-hybridized carbons (Fsp3) is 1.00. The third-order valence-corrected chi connectivity index (χ3v) is 5.91. The van der Waals surface area contributed by atoms with Gasteiger partial charge in [-0.3, -0.25) is 0 Å². The lowest BCUT2D eigenvalue weighted by molar-refractivity contribution is 0.147. The van der Waals surface area contributed by atoms with Gasteiger partial charge in [0.15, 0.2) is 0 Å². The molecule has 0 amide bonds. The van der Waals surface area contributed by atoms with Gasteiger partial charge >= 0.3 is 0 Å². The third-order valence-electron chi connectivity index (χ3n) is 2.36. The minimum Gasteiger partial charge on any atom is -0.413 e. The molecule has 1 saturated carbocycles. The molecule has 1 aliphatic rings. The Morgan fingerprint density at radius 1 is 1.25 bits per heavy atom. The molecule has 0 aromatic heterocycles. The first-order valence-electron chi connectivity index (χ1n) is 4.88. The second kappa shape index (κ2) is 4.63. The summed E-state index contributed by atoms with van der Waals surface area (Å²) in [6, 6.07) is 0. The van der Waals surface area contributed by atoms with Gasteiger partial charge in [0.2, 0.25) is 8.32 Å². The topological polar surface area (TPSA) is 9.23 Å². The van der Waals surface area contributed by atoms with E-state index in [2.05, 4.69) is 13.1 Å². The fourth-order valence-corrected chi connectivity index (χ4v) is 3.06. The summed E-state index contributed by atoms with van der Waals surface area (Å²) in [7, 11) is -1.50. The number of hydrogen-bond acceptors (Lipinski definition) is 1. The van der Waals surface area contributed by atoms with Crippen molar-refractivity contribution in [2.45, 2.75) is 51.3 Å². The smallest absolute Gasteiger partial charge is 0.201 e. The van der Waals surface area contributed by atoms with Crippen molar-refractivity contribution in [2.75, 3.05) is 5.50 Å². The van der Waals surface area contributed by atoms with E-state index in [1.165, 1.54) is 32.1 Å². The highest BCUT2D eigenvalue weighted by molar-refractivity contribution is 6.77. The quantitative estimate of drug-likeness (QED) is 0.509. The van der Waals surface area contributed by atoms with Gasteiger partial charge in [0.25, 0.3) is 0 Å². The minimum absolute atomic E-state index is 0.527. The molecule has 1 rings (SSSR count). The standard InChI is InChI=1S/C9H19ClOSi/c1-12(2,8-10)11-9-6-4-3-5-7-9/h9H,3-8H2,1-2H3. The zero-order chi connectivity index (χ0) is 9.03. The molecule has 0 N–H and O–H groups in total. The van der Waals surface area contributed by atoms with E-state index in [4.69, 9.17) is 16.0 Å². The molecule has 0 aromatic carbocycles. The van der Waals surface area contributed by atoms with E-state index < -0.39 is 8.32 Å². The lowest BCUT2D eigenvalue weighted by Gasteiger charge is -2.30. The van der Waals surface area contributed by atoms with Crippen LogP contribution in [0.1, 0.15) is 32.1 Å². The average Bonchev–Trinajstić information content (AvgIpc) is 2.06. The summed E-state index contributed by atoms with van der Waals surface area (Å²) >= 11 is 5.85. The predicted octanol–water partition coefficient (Wildman–Crippen LogP) is 3.32. The van der Waals surface area contributed by atoms with E-state index in [1.54, 1.807) is 0 Å². The summed E-state index contributed by atoms with van der Waals surface area (Å²) in [5, 5.41) is 0. The van der Waals surface area contributed by atoms with Crippen molar-refractivity contribution in [1.29, 1.82) is 0 Å². The maximum atomic E-state index is 6.03. The van der Waals surface area contributed by atoms with Crippen molar-refractivity contribution in [3.8, 4) is 0 Å². The van der Waals surface area contributed by atoms with Gasteiger partial charge in [-0.25, -0.2) is 0 Å². The lowest BCUT2D eigenvalue weighted by atomic mass is 9.98. The molecule has 0 saturated heterocycles. The Hall–Kier alpha value is 0.467. The number of alkyl halides is 1. The van der Waals surface area contributed by atoms with Crippen LogP contribution in [0, 0.1) is 0 Å². The van der Waals surface area contributed by atoms with Gasteiger partial charge in [0.05, 0.1) is 0 Å². The van der Waals surface area contributed by atoms with Crippen molar-refractivity contribution in [2.24, 2.45) is 0 Å². The van der Waals surface area contributed by atoms with Crippen LogP contribution >= 0.6 is 11.6 Å². The molecular weight excluding hydrogens is 188 g/mol. The minimum atomic E-state index is -1.50. The second-order valence-corrected chi connectivity index (χ2v) is 9.10. The summed E-state index contributed by atoms with van der Waals surface area (Å²) < 4.78 is 6.03. The highest BCUT2D eigenvalue weighted by Gasteiger charge is 2.26. The zero-order valence-electron chi connectivity index (χ0n) is 8.11.